The molecule has 1 N–H and O–H groups in total. The van der Waals surface area contributed by atoms with Gasteiger partial charge in [-0.05, 0) is 36.8 Å². The van der Waals surface area contributed by atoms with Crippen molar-refractivity contribution in [1.82, 2.24) is 15.0 Å². The third-order valence-electron chi connectivity index (χ3n) is 3.19. The van der Waals surface area contributed by atoms with Gasteiger partial charge in [-0.1, -0.05) is 11.3 Å². The smallest absolute Gasteiger partial charge is 0.358 e. The number of carboxylic acids is 1. The number of aryl methyl sites for hydroxylation is 1. The van der Waals surface area contributed by atoms with Crippen LogP contribution in [0.5, 0.6) is 5.75 Å². The minimum absolute atomic E-state index is 0.182. The van der Waals surface area contributed by atoms with E-state index in [0.717, 1.165) is 5.56 Å². The average Bonchev–Trinajstić information content (AvgIpc) is 3.15. The molecule has 0 aliphatic heterocycles. The SMILES string of the molecule is COc1ccc(C)cc1-n1nnc(C(=O)O)c1-c1ccco1. The minimum atomic E-state index is -1.18. The molecule has 0 amide bonds. The number of rotatable bonds is 4. The summed E-state index contributed by atoms with van der Waals surface area (Å²) in [4.78, 5) is 11.4. The van der Waals surface area contributed by atoms with Crippen LogP contribution in [-0.4, -0.2) is 33.2 Å². The summed E-state index contributed by atoms with van der Waals surface area (Å²) in [5.41, 5.74) is 1.65. The zero-order valence-corrected chi connectivity index (χ0v) is 12.0. The van der Waals surface area contributed by atoms with Crippen LogP contribution in [0.1, 0.15) is 16.1 Å². The fourth-order valence-electron chi connectivity index (χ4n) is 2.19. The molecule has 0 saturated heterocycles. The van der Waals surface area contributed by atoms with E-state index in [1.807, 2.05) is 19.1 Å². The summed E-state index contributed by atoms with van der Waals surface area (Å²) in [6, 6.07) is 8.85. The standard InChI is InChI=1S/C15H13N3O4/c1-9-5-6-11(21-2)10(8-9)18-14(12-4-3-7-22-12)13(15(19)20)16-17-18/h3-8H,1-2H3,(H,19,20). The topological polar surface area (TPSA) is 90.4 Å². The number of aromatic nitrogens is 3. The van der Waals surface area contributed by atoms with Crippen LogP contribution in [0.4, 0.5) is 0 Å². The van der Waals surface area contributed by atoms with Crippen LogP contribution in [0.2, 0.25) is 0 Å². The highest BCUT2D eigenvalue weighted by molar-refractivity contribution is 5.92. The van der Waals surface area contributed by atoms with Gasteiger partial charge in [0.15, 0.2) is 5.76 Å². The Balaban J connectivity index is 2.29. The van der Waals surface area contributed by atoms with Gasteiger partial charge >= 0.3 is 5.97 Å². The molecule has 2 aromatic heterocycles. The lowest BCUT2D eigenvalue weighted by atomic mass is 10.2. The van der Waals surface area contributed by atoms with Gasteiger partial charge in [-0.15, -0.1) is 5.10 Å². The molecule has 0 aliphatic carbocycles. The van der Waals surface area contributed by atoms with Gasteiger partial charge < -0.3 is 14.3 Å². The first-order chi connectivity index (χ1) is 10.6. The van der Waals surface area contributed by atoms with Crippen molar-refractivity contribution in [2.75, 3.05) is 7.11 Å². The first-order valence-electron chi connectivity index (χ1n) is 6.49. The Morgan fingerprint density at radius 2 is 2.18 bits per heavy atom. The van der Waals surface area contributed by atoms with Crippen LogP contribution in [0.15, 0.2) is 41.0 Å². The molecule has 0 bridgehead atoms. The van der Waals surface area contributed by atoms with Crippen LogP contribution in [-0.2, 0) is 0 Å². The van der Waals surface area contributed by atoms with E-state index in [1.54, 1.807) is 18.2 Å². The Hall–Kier alpha value is -3.09. The van der Waals surface area contributed by atoms with Crippen molar-refractivity contribution >= 4 is 5.97 Å². The Morgan fingerprint density at radius 1 is 1.36 bits per heavy atom. The number of hydrogen-bond acceptors (Lipinski definition) is 5. The summed E-state index contributed by atoms with van der Waals surface area (Å²) >= 11 is 0. The molecule has 0 unspecified atom stereocenters. The van der Waals surface area contributed by atoms with Gasteiger partial charge in [-0.2, -0.15) is 0 Å². The maximum absolute atomic E-state index is 11.4. The molecule has 2 heterocycles. The predicted molar refractivity (Wildman–Crippen MR) is 77.3 cm³/mol. The molecule has 7 heteroatoms. The lowest BCUT2D eigenvalue weighted by Crippen LogP contribution is -2.04. The molecule has 3 aromatic rings. The zero-order chi connectivity index (χ0) is 15.7. The van der Waals surface area contributed by atoms with Gasteiger partial charge in [-0.25, -0.2) is 9.48 Å². The van der Waals surface area contributed by atoms with Crippen molar-refractivity contribution in [2.45, 2.75) is 6.92 Å². The Labute approximate surface area is 125 Å². The van der Waals surface area contributed by atoms with Crippen molar-refractivity contribution in [3.05, 3.63) is 47.9 Å². The van der Waals surface area contributed by atoms with Crippen molar-refractivity contribution in [1.29, 1.82) is 0 Å². The maximum atomic E-state index is 11.4. The third kappa shape index (κ3) is 2.22. The average molecular weight is 299 g/mol. The van der Waals surface area contributed by atoms with E-state index >= 15 is 0 Å². The summed E-state index contributed by atoms with van der Waals surface area (Å²) in [7, 11) is 1.54. The van der Waals surface area contributed by atoms with Gasteiger partial charge in [0, 0.05) is 0 Å². The first-order valence-corrected chi connectivity index (χ1v) is 6.49. The fourth-order valence-corrected chi connectivity index (χ4v) is 2.19. The monoisotopic (exact) mass is 299 g/mol. The molecule has 0 saturated carbocycles. The number of nitrogens with zero attached hydrogens (tertiary/aromatic N) is 3. The number of furan rings is 1. The van der Waals surface area contributed by atoms with Gasteiger partial charge in [0.25, 0.3) is 0 Å². The molecule has 0 aliphatic rings. The lowest BCUT2D eigenvalue weighted by Gasteiger charge is -2.11. The van der Waals surface area contributed by atoms with Crippen molar-refractivity contribution < 1.29 is 19.1 Å². The van der Waals surface area contributed by atoms with Crippen LogP contribution in [0.25, 0.3) is 17.1 Å². The molecule has 0 atom stereocenters. The molecule has 3 rings (SSSR count). The lowest BCUT2D eigenvalue weighted by molar-refractivity contribution is 0.0691. The largest absolute Gasteiger partial charge is 0.494 e. The molecular weight excluding hydrogens is 286 g/mol. The molecule has 112 valence electrons. The normalized spacial score (nSPS) is 10.6. The van der Waals surface area contributed by atoms with Crippen molar-refractivity contribution in [3.8, 4) is 22.9 Å². The van der Waals surface area contributed by atoms with Gasteiger partial charge in [-0.3, -0.25) is 0 Å². The van der Waals surface area contributed by atoms with E-state index in [4.69, 9.17) is 9.15 Å². The maximum Gasteiger partial charge on any atom is 0.358 e. The number of benzene rings is 1. The summed E-state index contributed by atoms with van der Waals surface area (Å²) in [6.45, 7) is 1.92. The summed E-state index contributed by atoms with van der Waals surface area (Å²) in [5, 5.41) is 17.0. The van der Waals surface area contributed by atoms with Crippen molar-refractivity contribution in [3.63, 3.8) is 0 Å². The van der Waals surface area contributed by atoms with Crippen molar-refractivity contribution in [2.24, 2.45) is 0 Å². The van der Waals surface area contributed by atoms with Gasteiger partial charge in [0.2, 0.25) is 5.69 Å². The van der Waals surface area contributed by atoms with E-state index < -0.39 is 5.97 Å². The molecule has 22 heavy (non-hydrogen) atoms. The van der Waals surface area contributed by atoms with Crippen LogP contribution < -0.4 is 4.74 Å². The molecule has 0 spiro atoms. The molecule has 0 fully saturated rings. The van der Waals surface area contributed by atoms with Gasteiger partial charge in [0.05, 0.1) is 13.4 Å². The van der Waals surface area contributed by atoms with E-state index in [0.29, 0.717) is 17.2 Å². The number of methoxy groups -OCH3 is 1. The number of ether oxygens (including phenoxy) is 1. The Bertz CT molecular complexity index is 821. The van der Waals surface area contributed by atoms with Gasteiger partial charge in [0.1, 0.15) is 17.1 Å². The third-order valence-corrected chi connectivity index (χ3v) is 3.19. The zero-order valence-electron chi connectivity index (χ0n) is 12.0. The van der Waals surface area contributed by atoms with Crippen LogP contribution in [0.3, 0.4) is 0 Å². The number of aromatic carboxylic acids is 1. The van der Waals surface area contributed by atoms with E-state index in [-0.39, 0.29) is 11.4 Å². The second-order valence-electron chi connectivity index (χ2n) is 4.66. The Kier molecular flexibility index (Phi) is 3.38. The van der Waals surface area contributed by atoms with E-state index in [2.05, 4.69) is 10.3 Å². The van der Waals surface area contributed by atoms with E-state index in [9.17, 15) is 9.90 Å². The fraction of sp³-hybridized carbons (Fsp3) is 0.133. The highest BCUT2D eigenvalue weighted by Crippen LogP contribution is 2.30. The Morgan fingerprint density at radius 3 is 2.82 bits per heavy atom. The first kappa shape index (κ1) is 13.9. The highest BCUT2D eigenvalue weighted by atomic mass is 16.5. The predicted octanol–water partition coefficient (Wildman–Crippen LogP) is 2.54. The summed E-state index contributed by atoms with van der Waals surface area (Å²) in [6.07, 6.45) is 1.46. The number of carboxylic acid groups (broad SMARTS) is 1. The molecule has 7 nitrogen and oxygen atoms in total. The number of carbonyl (C=O) groups is 1. The quantitative estimate of drug-likeness (QED) is 0.796. The second-order valence-corrected chi connectivity index (χ2v) is 4.66. The minimum Gasteiger partial charge on any atom is -0.494 e. The molecule has 0 radical (unpaired) electrons. The molecular formula is C15H13N3O4. The van der Waals surface area contributed by atoms with Crippen LogP contribution >= 0.6 is 0 Å². The second kappa shape index (κ2) is 5.36. The molecule has 1 aromatic carbocycles. The van der Waals surface area contributed by atoms with E-state index in [1.165, 1.54) is 18.1 Å². The summed E-state index contributed by atoms with van der Waals surface area (Å²) < 4.78 is 12.1. The van der Waals surface area contributed by atoms with Crippen LogP contribution in [0, 0.1) is 6.92 Å². The number of hydrogen-bond donors (Lipinski definition) is 1. The summed E-state index contributed by atoms with van der Waals surface area (Å²) in [5.74, 6) is -0.254. The highest BCUT2D eigenvalue weighted by Gasteiger charge is 2.24.